The summed E-state index contributed by atoms with van der Waals surface area (Å²) in [5, 5.41) is 17.8. The number of aromatic carboxylic acids is 1. The zero-order valence-corrected chi connectivity index (χ0v) is 20.1. The van der Waals surface area contributed by atoms with Gasteiger partial charge in [-0.1, -0.05) is 101 Å². The van der Waals surface area contributed by atoms with Crippen molar-refractivity contribution in [1.82, 2.24) is 0 Å². The zero-order valence-electron chi connectivity index (χ0n) is 20.1. The van der Waals surface area contributed by atoms with E-state index in [2.05, 4.69) is 0 Å². The number of rotatable bonds is 19. The van der Waals surface area contributed by atoms with Gasteiger partial charge < -0.3 is 14.9 Å². The van der Waals surface area contributed by atoms with Gasteiger partial charge in [-0.25, -0.2) is 4.79 Å². The number of unbranched alkanes of at least 4 members (excludes halogenated alkanes) is 13. The molecule has 0 saturated heterocycles. The summed E-state index contributed by atoms with van der Waals surface area (Å²) in [5.74, 6) is -0.0209. The fourth-order valence-corrected chi connectivity index (χ4v) is 4.07. The standard InChI is InChI=1S/C29H42O4/c30-23-13-11-9-7-5-3-1-2-4-6-8-10-12-14-24-33-28-21-19-26(20-22-28)25-15-17-27(18-16-25)29(31)32/h15-22,30H,1-14,23-24H2,(H,31,32). The van der Waals surface area contributed by atoms with Crippen LogP contribution < -0.4 is 4.74 Å². The van der Waals surface area contributed by atoms with Crippen LogP contribution in [0.4, 0.5) is 0 Å². The fourth-order valence-electron chi connectivity index (χ4n) is 4.07. The minimum atomic E-state index is -0.904. The maximum atomic E-state index is 11.0. The summed E-state index contributed by atoms with van der Waals surface area (Å²) in [7, 11) is 0. The molecule has 0 unspecified atom stereocenters. The highest BCUT2D eigenvalue weighted by Gasteiger charge is 2.04. The van der Waals surface area contributed by atoms with Crippen LogP contribution in [0.1, 0.15) is 100 Å². The van der Waals surface area contributed by atoms with E-state index in [1.54, 1.807) is 12.1 Å². The van der Waals surface area contributed by atoms with Crippen molar-refractivity contribution in [2.24, 2.45) is 0 Å². The molecule has 0 aliphatic heterocycles. The van der Waals surface area contributed by atoms with Crippen molar-refractivity contribution in [2.45, 2.75) is 89.9 Å². The summed E-state index contributed by atoms with van der Waals surface area (Å²) in [6, 6.07) is 14.9. The Kier molecular flexibility index (Phi) is 14.0. The van der Waals surface area contributed by atoms with Gasteiger partial charge in [-0.2, -0.15) is 0 Å². The van der Waals surface area contributed by atoms with Crippen molar-refractivity contribution >= 4 is 5.97 Å². The molecule has 33 heavy (non-hydrogen) atoms. The summed E-state index contributed by atoms with van der Waals surface area (Å²) in [4.78, 5) is 11.0. The van der Waals surface area contributed by atoms with Gasteiger partial charge in [0.05, 0.1) is 12.2 Å². The first-order valence-corrected chi connectivity index (χ1v) is 12.9. The third-order valence-corrected chi connectivity index (χ3v) is 6.14. The number of aliphatic hydroxyl groups excluding tert-OH is 1. The molecule has 182 valence electrons. The third-order valence-electron chi connectivity index (χ3n) is 6.14. The molecule has 4 nitrogen and oxygen atoms in total. The van der Waals surface area contributed by atoms with Crippen molar-refractivity contribution in [2.75, 3.05) is 13.2 Å². The molecule has 0 radical (unpaired) electrons. The molecule has 0 aliphatic rings. The average Bonchev–Trinajstić information content (AvgIpc) is 2.84. The number of carbonyl (C=O) groups is 1. The predicted octanol–water partition coefficient (Wildman–Crippen LogP) is 7.88. The monoisotopic (exact) mass is 454 g/mol. The highest BCUT2D eigenvalue weighted by Crippen LogP contribution is 2.23. The molecule has 0 heterocycles. The lowest BCUT2D eigenvalue weighted by Gasteiger charge is -2.08. The molecule has 4 heteroatoms. The van der Waals surface area contributed by atoms with E-state index in [1.165, 1.54) is 77.0 Å². The smallest absolute Gasteiger partial charge is 0.335 e. The lowest BCUT2D eigenvalue weighted by atomic mass is 10.0. The Morgan fingerprint density at radius 1 is 0.576 bits per heavy atom. The fraction of sp³-hybridized carbons (Fsp3) is 0.552. The molecule has 0 atom stereocenters. The second kappa shape index (κ2) is 17.2. The van der Waals surface area contributed by atoms with Gasteiger partial charge in [-0.3, -0.25) is 0 Å². The Morgan fingerprint density at radius 2 is 0.970 bits per heavy atom. The molecule has 2 aromatic carbocycles. The Morgan fingerprint density at radius 3 is 1.39 bits per heavy atom. The molecular weight excluding hydrogens is 412 g/mol. The summed E-state index contributed by atoms with van der Waals surface area (Å²) < 4.78 is 5.87. The van der Waals surface area contributed by atoms with Gasteiger partial charge in [0.25, 0.3) is 0 Å². The SMILES string of the molecule is O=C(O)c1ccc(-c2ccc(OCCCCCCCCCCCCCCCCO)cc2)cc1. The molecule has 0 aromatic heterocycles. The van der Waals surface area contributed by atoms with E-state index in [1.807, 2.05) is 36.4 Å². The van der Waals surface area contributed by atoms with E-state index in [9.17, 15) is 4.79 Å². The molecule has 0 saturated carbocycles. The van der Waals surface area contributed by atoms with Gasteiger partial charge in [0.2, 0.25) is 0 Å². The summed E-state index contributed by atoms with van der Waals surface area (Å²) >= 11 is 0. The quantitative estimate of drug-likeness (QED) is 0.212. The summed E-state index contributed by atoms with van der Waals surface area (Å²) in [6.45, 7) is 1.10. The molecule has 0 amide bonds. The number of hydrogen-bond acceptors (Lipinski definition) is 3. The number of benzene rings is 2. The lowest BCUT2D eigenvalue weighted by molar-refractivity contribution is 0.0697. The van der Waals surface area contributed by atoms with Gasteiger partial charge in [0.15, 0.2) is 0 Å². The highest BCUT2D eigenvalue weighted by molar-refractivity contribution is 5.88. The van der Waals surface area contributed by atoms with Crippen LogP contribution in [0, 0.1) is 0 Å². The highest BCUT2D eigenvalue weighted by atomic mass is 16.5. The molecule has 0 bridgehead atoms. The maximum absolute atomic E-state index is 11.0. The zero-order chi connectivity index (χ0) is 23.6. The first-order valence-electron chi connectivity index (χ1n) is 12.9. The van der Waals surface area contributed by atoms with Crippen LogP contribution in [-0.4, -0.2) is 29.4 Å². The van der Waals surface area contributed by atoms with Crippen molar-refractivity contribution in [3.8, 4) is 16.9 Å². The van der Waals surface area contributed by atoms with Crippen molar-refractivity contribution in [3.05, 3.63) is 54.1 Å². The number of carboxylic acid groups (broad SMARTS) is 1. The number of hydrogen-bond donors (Lipinski definition) is 2. The maximum Gasteiger partial charge on any atom is 0.335 e. The van der Waals surface area contributed by atoms with Gasteiger partial charge in [-0.05, 0) is 48.2 Å². The molecule has 0 aliphatic carbocycles. The van der Waals surface area contributed by atoms with E-state index < -0.39 is 5.97 Å². The van der Waals surface area contributed by atoms with Crippen LogP contribution in [0.15, 0.2) is 48.5 Å². The number of aliphatic hydroxyl groups is 1. The predicted molar refractivity (Wildman–Crippen MR) is 136 cm³/mol. The first-order chi connectivity index (χ1) is 16.2. The molecular formula is C29H42O4. The topological polar surface area (TPSA) is 66.8 Å². The Labute approximate surface area is 200 Å². The van der Waals surface area contributed by atoms with Crippen molar-refractivity contribution < 1.29 is 19.7 Å². The molecule has 0 fully saturated rings. The van der Waals surface area contributed by atoms with E-state index in [0.29, 0.717) is 12.2 Å². The molecule has 0 spiro atoms. The number of ether oxygens (including phenoxy) is 1. The van der Waals surface area contributed by atoms with Crippen LogP contribution in [0.2, 0.25) is 0 Å². The van der Waals surface area contributed by atoms with E-state index in [0.717, 1.165) is 36.3 Å². The normalized spacial score (nSPS) is 10.9. The number of carboxylic acids is 1. The molecule has 2 N–H and O–H groups in total. The van der Waals surface area contributed by atoms with E-state index in [4.69, 9.17) is 14.9 Å². The minimum absolute atomic E-state index is 0.302. The van der Waals surface area contributed by atoms with Gasteiger partial charge in [0, 0.05) is 6.61 Å². The lowest BCUT2D eigenvalue weighted by Crippen LogP contribution is -1.97. The second-order valence-electron chi connectivity index (χ2n) is 8.93. The van der Waals surface area contributed by atoms with Gasteiger partial charge in [-0.15, -0.1) is 0 Å². The second-order valence-corrected chi connectivity index (χ2v) is 8.93. The van der Waals surface area contributed by atoms with Crippen LogP contribution >= 0.6 is 0 Å². The third kappa shape index (κ3) is 11.9. The van der Waals surface area contributed by atoms with E-state index >= 15 is 0 Å². The Balaban J connectivity index is 1.44. The molecule has 2 aromatic rings. The Hall–Kier alpha value is -2.33. The molecule has 2 rings (SSSR count). The van der Waals surface area contributed by atoms with E-state index in [-0.39, 0.29) is 0 Å². The first kappa shape index (κ1) is 26.9. The summed E-state index contributed by atoms with van der Waals surface area (Å²) in [6.07, 6.45) is 17.9. The van der Waals surface area contributed by atoms with Gasteiger partial charge in [0.1, 0.15) is 5.75 Å². The Bertz CT molecular complexity index is 752. The van der Waals surface area contributed by atoms with Crippen molar-refractivity contribution in [3.63, 3.8) is 0 Å². The van der Waals surface area contributed by atoms with Crippen LogP contribution in [0.25, 0.3) is 11.1 Å². The van der Waals surface area contributed by atoms with Crippen LogP contribution in [-0.2, 0) is 0 Å². The largest absolute Gasteiger partial charge is 0.494 e. The minimum Gasteiger partial charge on any atom is -0.494 e. The summed E-state index contributed by atoms with van der Waals surface area (Å²) in [5.41, 5.74) is 2.36. The average molecular weight is 455 g/mol. The van der Waals surface area contributed by atoms with Gasteiger partial charge >= 0.3 is 5.97 Å². The van der Waals surface area contributed by atoms with Crippen molar-refractivity contribution in [1.29, 1.82) is 0 Å². The van der Waals surface area contributed by atoms with Crippen LogP contribution in [0.5, 0.6) is 5.75 Å². The van der Waals surface area contributed by atoms with Crippen LogP contribution in [0.3, 0.4) is 0 Å².